The van der Waals surface area contributed by atoms with Gasteiger partial charge in [0.15, 0.2) is 0 Å². The smallest absolute Gasteiger partial charge is 0.406 e. The molecular weight excluding hydrogens is 1120 g/mol. The Bertz CT molecular complexity index is 3150. The Morgan fingerprint density at radius 1 is 0.942 bits per heavy atom. The minimum absolute atomic E-state index is 0.0402. The highest BCUT2D eigenvalue weighted by atomic mass is 32.1. The van der Waals surface area contributed by atoms with E-state index in [1.807, 2.05) is 44.5 Å². The first-order valence-electron chi connectivity index (χ1n) is 32.3. The van der Waals surface area contributed by atoms with Crippen molar-refractivity contribution in [2.75, 3.05) is 85.8 Å². The molecule has 0 radical (unpaired) electrons. The maximum absolute atomic E-state index is 15.3. The fraction of sp³-hybridized carbons (Fsp3) is 0.719. The van der Waals surface area contributed by atoms with Crippen molar-refractivity contribution in [1.82, 2.24) is 49.8 Å². The van der Waals surface area contributed by atoms with Gasteiger partial charge in [0.2, 0.25) is 11.8 Å². The van der Waals surface area contributed by atoms with Gasteiger partial charge in [0, 0.05) is 135 Å². The number of carbonyl (C=O) groups is 4. The van der Waals surface area contributed by atoms with E-state index < -0.39 is 48.3 Å². The Labute approximate surface area is 506 Å². The molecule has 2 aromatic heterocycles. The summed E-state index contributed by atoms with van der Waals surface area (Å²) in [6, 6.07) is 4.22. The van der Waals surface area contributed by atoms with Gasteiger partial charge in [-0.2, -0.15) is 13.2 Å². The summed E-state index contributed by atoms with van der Waals surface area (Å²) in [5.74, 6) is -0.00916. The van der Waals surface area contributed by atoms with E-state index in [-0.39, 0.29) is 60.7 Å². The van der Waals surface area contributed by atoms with Crippen LogP contribution in [-0.4, -0.2) is 215 Å². The molecular formula is C64H86F3N11O7S. The van der Waals surface area contributed by atoms with Crippen molar-refractivity contribution in [3.63, 3.8) is 0 Å². The third kappa shape index (κ3) is 11.7. The summed E-state index contributed by atoms with van der Waals surface area (Å²) >= 11 is 1.38. The number of piperazine rings is 1. The molecule has 14 rings (SSSR count). The summed E-state index contributed by atoms with van der Waals surface area (Å²) in [6.45, 7) is 12.3. The molecule has 3 saturated carbocycles. The number of cyclic esters (lactones) is 1. The molecule has 466 valence electrons. The number of hydrogen-bond acceptors (Lipinski definition) is 15. The van der Waals surface area contributed by atoms with Crippen LogP contribution in [-0.2, 0) is 52.8 Å². The fourth-order valence-corrected chi connectivity index (χ4v) is 17.4. The summed E-state index contributed by atoms with van der Waals surface area (Å²) in [4.78, 5) is 81.2. The molecule has 3 aliphatic carbocycles. The van der Waals surface area contributed by atoms with Crippen LogP contribution < -0.4 is 10.7 Å². The number of hydrogen-bond donors (Lipinski definition) is 2. The van der Waals surface area contributed by atoms with Crippen molar-refractivity contribution in [2.45, 2.75) is 184 Å². The van der Waals surface area contributed by atoms with Crippen molar-refractivity contribution in [3.8, 4) is 11.3 Å². The molecule has 3 amide bonds. The number of hydrazine groups is 1. The van der Waals surface area contributed by atoms with E-state index in [0.29, 0.717) is 113 Å². The average molecular weight is 1210 g/mol. The summed E-state index contributed by atoms with van der Waals surface area (Å²) in [5.41, 5.74) is 6.43. The fourth-order valence-electron chi connectivity index (χ4n) is 16.5. The molecule has 6 bridgehead atoms. The third-order valence-corrected chi connectivity index (χ3v) is 22.2. The van der Waals surface area contributed by atoms with Crippen molar-refractivity contribution in [1.29, 1.82) is 0 Å². The van der Waals surface area contributed by atoms with Crippen molar-refractivity contribution in [3.05, 3.63) is 45.5 Å². The number of likely N-dealkylation sites (tertiary alicyclic amines) is 2. The first-order chi connectivity index (χ1) is 41.4. The average Bonchev–Trinajstić information content (AvgIpc) is 1.57. The summed E-state index contributed by atoms with van der Waals surface area (Å²) in [7, 11) is 1.59. The zero-order valence-electron chi connectivity index (χ0n) is 50.5. The Hall–Kier alpha value is -4.81. The van der Waals surface area contributed by atoms with Gasteiger partial charge < -0.3 is 29.0 Å². The number of halogens is 3. The number of carbonyl (C=O) groups excluding carboxylic acids is 4. The van der Waals surface area contributed by atoms with Crippen LogP contribution in [0.15, 0.2) is 34.3 Å². The highest BCUT2D eigenvalue weighted by Crippen LogP contribution is 2.54. The molecule has 18 nitrogen and oxygen atoms in total. The molecule has 10 atom stereocenters. The van der Waals surface area contributed by atoms with Gasteiger partial charge >= 0.3 is 12.1 Å². The summed E-state index contributed by atoms with van der Waals surface area (Å²) < 4.78 is 65.3. The van der Waals surface area contributed by atoms with Crippen LogP contribution >= 0.6 is 11.3 Å². The molecule has 1 unspecified atom stereocenters. The van der Waals surface area contributed by atoms with E-state index in [4.69, 9.17) is 24.2 Å². The Kier molecular flexibility index (Phi) is 15.9. The Morgan fingerprint density at radius 2 is 1.74 bits per heavy atom. The topological polar surface area (TPSA) is 169 Å². The number of thiazole rings is 1. The Morgan fingerprint density at radius 3 is 2.52 bits per heavy atom. The monoisotopic (exact) mass is 1210 g/mol. The van der Waals surface area contributed by atoms with E-state index >= 15 is 22.8 Å². The molecule has 22 heteroatoms. The number of ether oxygens (including phenoxy) is 3. The number of fused-ring (bicyclic) bond motifs is 7. The summed E-state index contributed by atoms with van der Waals surface area (Å²) in [5, 5.41) is 7.94. The highest BCUT2D eigenvalue weighted by molar-refractivity contribution is 7.10. The van der Waals surface area contributed by atoms with Gasteiger partial charge in [-0.3, -0.25) is 48.8 Å². The van der Waals surface area contributed by atoms with Crippen molar-refractivity contribution < 1.29 is 46.6 Å². The SMILES string of the molecule is CO[C@@H](C)C1=C(c2c3c4cc(ccc4n2CC(F)(F)F)-c2csc(n2)C[C@H](NC(=O)[C@H](C2CCCC2)N2CC[C@]4(CCN(C(=O)[C@H]5[C@@H](C6CC6)N5C5CC5)C4)C2)C(=O)N2CCC[C@H](N2)C(=O)OCC(C)(C)C3)C[C@@H](N2CCN3CCOC[C@@H]3C2)C=N1. The van der Waals surface area contributed by atoms with Gasteiger partial charge in [-0.05, 0) is 120 Å². The normalized spacial score (nSPS) is 32.2. The number of alkyl halides is 3. The quantitative estimate of drug-likeness (QED) is 0.146. The van der Waals surface area contributed by atoms with Crippen LogP contribution in [0.4, 0.5) is 13.2 Å². The van der Waals surface area contributed by atoms with Crippen LogP contribution in [0, 0.1) is 22.7 Å². The molecule has 1 spiro atoms. The van der Waals surface area contributed by atoms with Gasteiger partial charge in [0.1, 0.15) is 24.7 Å². The van der Waals surface area contributed by atoms with Crippen LogP contribution in [0.25, 0.3) is 27.7 Å². The molecule has 6 saturated heterocycles. The second kappa shape index (κ2) is 23.2. The summed E-state index contributed by atoms with van der Waals surface area (Å²) in [6.07, 6.45) is 9.04. The molecule has 3 aromatic rings. The Balaban J connectivity index is 0.782. The lowest BCUT2D eigenvalue weighted by molar-refractivity contribution is -0.155. The number of esters is 1. The predicted octanol–water partition coefficient (Wildman–Crippen LogP) is 6.69. The molecule has 1 aromatic carbocycles. The van der Waals surface area contributed by atoms with E-state index in [2.05, 4.69) is 35.2 Å². The number of amides is 3. The van der Waals surface area contributed by atoms with E-state index in [0.717, 1.165) is 90.9 Å². The zero-order chi connectivity index (χ0) is 59.4. The second-order valence-electron chi connectivity index (χ2n) is 28.1. The molecule has 86 heavy (non-hydrogen) atoms. The largest absolute Gasteiger partial charge is 0.464 e. The number of rotatable bonds is 12. The zero-order valence-corrected chi connectivity index (χ0v) is 51.3. The highest BCUT2D eigenvalue weighted by Gasteiger charge is 2.64. The van der Waals surface area contributed by atoms with Crippen LogP contribution in [0.2, 0.25) is 0 Å². The number of benzene rings is 1. The van der Waals surface area contributed by atoms with Gasteiger partial charge in [0.25, 0.3) is 5.91 Å². The van der Waals surface area contributed by atoms with E-state index in [9.17, 15) is 9.59 Å². The first-order valence-corrected chi connectivity index (χ1v) is 33.2. The van der Waals surface area contributed by atoms with Crippen LogP contribution in [0.1, 0.15) is 121 Å². The lowest BCUT2D eigenvalue weighted by atomic mass is 9.83. The van der Waals surface area contributed by atoms with Gasteiger partial charge in [-0.1, -0.05) is 32.8 Å². The maximum atomic E-state index is 15.3. The molecule has 11 aliphatic rings. The number of aromatic nitrogens is 2. The number of nitrogens with zero attached hydrogens (tertiary/aromatic N) is 9. The second-order valence-corrected chi connectivity index (χ2v) is 29.1. The van der Waals surface area contributed by atoms with E-state index in [1.54, 1.807) is 13.2 Å². The van der Waals surface area contributed by atoms with Gasteiger partial charge in [-0.25, -0.2) is 10.4 Å². The lowest BCUT2D eigenvalue weighted by Gasteiger charge is -2.46. The van der Waals surface area contributed by atoms with Crippen molar-refractivity contribution in [2.24, 2.45) is 27.7 Å². The third-order valence-electron chi connectivity index (χ3n) is 21.4. The van der Waals surface area contributed by atoms with Crippen LogP contribution in [0.3, 0.4) is 0 Å². The molecule has 9 fully saturated rings. The van der Waals surface area contributed by atoms with E-state index in [1.165, 1.54) is 46.6 Å². The number of morpholine rings is 1. The minimum Gasteiger partial charge on any atom is -0.464 e. The first kappa shape index (κ1) is 58.8. The standard InChI is InChI=1S/C64H86F3N11O7S/c1-38(83-4)53-46(27-43(30-68-53)73-23-22-72-24-25-84-32-44(72)31-73)56-47-29-62(2,3)37-85-61(82)48-10-7-19-77(71-48)59(80)49(28-52-69-50(33-86-52)41-13-16-51(45(47)26-41)76(56)36-64(65,66)67)70-58(79)55(39-8-5-6-9-39)74-20-17-63(34-74)18-21-75(35-63)60(81)57-54(40-11-12-40)78(57)42-14-15-42/h13,16,26,30,33,38-40,42-44,48-49,54-55,57,71H,5-12,14-15,17-25,27-29,31-32,34-37H2,1-4H3,(H,70,79)/t38-,43+,44-,48-,49-,54+,55-,57+,63-,78?/m0/s1. The minimum atomic E-state index is -4.59. The van der Waals surface area contributed by atoms with Crippen molar-refractivity contribution >= 4 is 57.7 Å². The van der Waals surface area contributed by atoms with Crippen LogP contribution in [0.5, 0.6) is 0 Å². The number of nitrogens with one attached hydrogen (secondary N) is 2. The maximum Gasteiger partial charge on any atom is 0.406 e. The lowest BCUT2D eigenvalue weighted by Crippen LogP contribution is -2.62. The molecule has 2 N–H and O–H groups in total. The predicted molar refractivity (Wildman–Crippen MR) is 320 cm³/mol. The number of aliphatic imine (C=N–C) groups is 1. The number of methoxy groups -OCH3 is 1. The molecule has 10 heterocycles. The van der Waals surface area contributed by atoms with Gasteiger partial charge in [0.05, 0.1) is 54.1 Å². The van der Waals surface area contributed by atoms with Gasteiger partial charge in [-0.15, -0.1) is 11.3 Å². The molecule has 8 aliphatic heterocycles.